The fourth-order valence-electron chi connectivity index (χ4n) is 2.88. The van der Waals surface area contributed by atoms with Gasteiger partial charge in [-0.05, 0) is 25.7 Å². The third-order valence-corrected chi connectivity index (χ3v) is 3.83. The van der Waals surface area contributed by atoms with Crippen molar-refractivity contribution in [2.45, 2.75) is 39.2 Å². The largest absolute Gasteiger partial charge is 0.463 e. The zero-order valence-electron chi connectivity index (χ0n) is 11.4. The van der Waals surface area contributed by atoms with E-state index in [9.17, 15) is 4.79 Å². The van der Waals surface area contributed by atoms with E-state index >= 15 is 0 Å². The predicted octanol–water partition coefficient (Wildman–Crippen LogP) is 3.27. The third kappa shape index (κ3) is 2.15. The Balaban J connectivity index is 1.95. The summed E-state index contributed by atoms with van der Waals surface area (Å²) in [5.41, 5.74) is 2.62. The van der Waals surface area contributed by atoms with Crippen LogP contribution in [-0.2, 0) is 6.54 Å². The quantitative estimate of drug-likeness (QED) is 0.849. The number of piperidine rings is 1. The molecule has 0 radical (unpaired) electrons. The van der Waals surface area contributed by atoms with E-state index in [4.69, 9.17) is 4.42 Å². The van der Waals surface area contributed by atoms with E-state index in [2.05, 4.69) is 11.5 Å². The number of rotatable bonds is 3. The van der Waals surface area contributed by atoms with Crippen LogP contribution in [0.3, 0.4) is 0 Å². The van der Waals surface area contributed by atoms with Crippen molar-refractivity contribution in [1.29, 1.82) is 0 Å². The summed E-state index contributed by atoms with van der Waals surface area (Å²) in [6.45, 7) is 4.76. The monoisotopic (exact) mass is 260 g/mol. The number of hydrogen-bond acceptors (Lipinski definition) is 2. The maximum absolute atomic E-state index is 12.6. The molecule has 19 heavy (non-hydrogen) atoms. The van der Waals surface area contributed by atoms with E-state index in [1.165, 1.54) is 6.42 Å². The highest BCUT2D eigenvalue weighted by Crippen LogP contribution is 2.23. The van der Waals surface area contributed by atoms with Gasteiger partial charge < -0.3 is 13.9 Å². The van der Waals surface area contributed by atoms with Crippen molar-refractivity contribution in [1.82, 2.24) is 9.47 Å². The van der Waals surface area contributed by atoms with Gasteiger partial charge >= 0.3 is 0 Å². The van der Waals surface area contributed by atoms with Crippen LogP contribution in [0.5, 0.6) is 0 Å². The second-order valence-electron chi connectivity index (χ2n) is 5.20. The lowest BCUT2D eigenvalue weighted by Crippen LogP contribution is -2.36. The fourth-order valence-corrected chi connectivity index (χ4v) is 2.88. The van der Waals surface area contributed by atoms with Gasteiger partial charge in [-0.2, -0.15) is 0 Å². The molecule has 3 heterocycles. The van der Waals surface area contributed by atoms with Crippen LogP contribution in [0, 0.1) is 0 Å². The highest BCUT2D eigenvalue weighted by molar-refractivity contribution is 5.97. The first-order valence-corrected chi connectivity index (χ1v) is 7.17. The van der Waals surface area contributed by atoms with Gasteiger partial charge in [-0.25, -0.2) is 0 Å². The van der Waals surface area contributed by atoms with E-state index in [1.807, 2.05) is 17.0 Å². The minimum atomic E-state index is 0.152. The van der Waals surface area contributed by atoms with E-state index in [-0.39, 0.29) is 5.91 Å². The molecule has 3 rings (SSSR count). The minimum absolute atomic E-state index is 0.152. The second kappa shape index (κ2) is 5.11. The molecule has 4 nitrogen and oxygen atoms in total. The molecule has 0 saturated carbocycles. The van der Waals surface area contributed by atoms with Crippen LogP contribution in [0.15, 0.2) is 22.8 Å². The molecule has 0 atom stereocenters. The first-order chi connectivity index (χ1) is 9.31. The Kier molecular flexibility index (Phi) is 3.32. The van der Waals surface area contributed by atoms with Gasteiger partial charge in [-0.15, -0.1) is 0 Å². The molecule has 1 saturated heterocycles. The summed E-state index contributed by atoms with van der Waals surface area (Å²) < 4.78 is 7.52. The van der Waals surface area contributed by atoms with Crippen molar-refractivity contribution >= 4 is 17.0 Å². The molecule has 1 aliphatic heterocycles. The Morgan fingerprint density at radius 3 is 2.84 bits per heavy atom. The topological polar surface area (TPSA) is 38.4 Å². The number of aromatic nitrogens is 1. The molecule has 1 aliphatic rings. The standard InChI is InChI=1S/C15H20N2O2/c1-2-7-17-12-6-10-19-14(12)11-13(17)15(18)16-8-4-3-5-9-16/h6,10-11H,2-5,7-9H2,1H3. The first kappa shape index (κ1) is 12.3. The summed E-state index contributed by atoms with van der Waals surface area (Å²) in [5.74, 6) is 0.152. The molecule has 0 aromatic carbocycles. The number of hydrogen-bond donors (Lipinski definition) is 0. The van der Waals surface area contributed by atoms with Gasteiger partial charge in [0.25, 0.3) is 5.91 Å². The van der Waals surface area contributed by atoms with Crippen LogP contribution in [0.1, 0.15) is 43.1 Å². The van der Waals surface area contributed by atoms with Gasteiger partial charge in [0.2, 0.25) is 0 Å². The lowest BCUT2D eigenvalue weighted by atomic mass is 10.1. The number of carbonyl (C=O) groups excluding carboxylic acids is 1. The number of likely N-dealkylation sites (tertiary alicyclic amines) is 1. The summed E-state index contributed by atoms with van der Waals surface area (Å²) in [6, 6.07) is 3.83. The molecule has 1 amide bonds. The summed E-state index contributed by atoms with van der Waals surface area (Å²) in [7, 11) is 0. The Morgan fingerprint density at radius 2 is 2.11 bits per heavy atom. The van der Waals surface area contributed by atoms with Gasteiger partial charge in [0, 0.05) is 31.8 Å². The normalized spacial score (nSPS) is 16.2. The van der Waals surface area contributed by atoms with Gasteiger partial charge in [0.15, 0.2) is 5.58 Å². The fraction of sp³-hybridized carbons (Fsp3) is 0.533. The molecule has 102 valence electrons. The smallest absolute Gasteiger partial charge is 0.270 e. The molecule has 0 unspecified atom stereocenters. The van der Waals surface area contributed by atoms with Gasteiger partial charge in [-0.3, -0.25) is 4.79 Å². The van der Waals surface area contributed by atoms with Crippen LogP contribution in [0.4, 0.5) is 0 Å². The van der Waals surface area contributed by atoms with Crippen LogP contribution >= 0.6 is 0 Å². The maximum atomic E-state index is 12.6. The highest BCUT2D eigenvalue weighted by atomic mass is 16.3. The van der Waals surface area contributed by atoms with Crippen molar-refractivity contribution in [3.05, 3.63) is 24.1 Å². The van der Waals surface area contributed by atoms with Crippen LogP contribution in [0.2, 0.25) is 0 Å². The molecule has 1 fully saturated rings. The maximum Gasteiger partial charge on any atom is 0.270 e. The Hall–Kier alpha value is -1.71. The average molecular weight is 260 g/mol. The van der Waals surface area contributed by atoms with E-state index in [0.717, 1.165) is 55.7 Å². The molecule has 2 aromatic heterocycles. The highest BCUT2D eigenvalue weighted by Gasteiger charge is 2.23. The van der Waals surface area contributed by atoms with Crippen molar-refractivity contribution < 1.29 is 9.21 Å². The van der Waals surface area contributed by atoms with Gasteiger partial charge in [0.05, 0.1) is 11.8 Å². The zero-order chi connectivity index (χ0) is 13.2. The van der Waals surface area contributed by atoms with E-state index in [0.29, 0.717) is 0 Å². The lowest BCUT2D eigenvalue weighted by Gasteiger charge is -2.27. The first-order valence-electron chi connectivity index (χ1n) is 7.17. The van der Waals surface area contributed by atoms with Crippen LogP contribution in [-0.4, -0.2) is 28.5 Å². The summed E-state index contributed by atoms with van der Waals surface area (Å²) in [6.07, 6.45) is 6.18. The number of fused-ring (bicyclic) bond motifs is 1. The Labute approximate surface area is 113 Å². The molecule has 0 spiro atoms. The van der Waals surface area contributed by atoms with Gasteiger partial charge in [-0.1, -0.05) is 6.92 Å². The Morgan fingerprint density at radius 1 is 1.32 bits per heavy atom. The molecule has 0 N–H and O–H groups in total. The summed E-state index contributed by atoms with van der Waals surface area (Å²) in [4.78, 5) is 14.6. The number of furan rings is 1. The van der Waals surface area contributed by atoms with E-state index < -0.39 is 0 Å². The van der Waals surface area contributed by atoms with Gasteiger partial charge in [0.1, 0.15) is 5.69 Å². The van der Waals surface area contributed by atoms with Crippen LogP contribution in [0.25, 0.3) is 11.1 Å². The predicted molar refractivity (Wildman–Crippen MR) is 74.2 cm³/mol. The third-order valence-electron chi connectivity index (χ3n) is 3.83. The van der Waals surface area contributed by atoms with Crippen molar-refractivity contribution in [3.8, 4) is 0 Å². The van der Waals surface area contributed by atoms with Crippen molar-refractivity contribution in [2.75, 3.05) is 13.1 Å². The summed E-state index contributed by atoms with van der Waals surface area (Å²) in [5, 5.41) is 0. The molecule has 0 bridgehead atoms. The molecular weight excluding hydrogens is 240 g/mol. The Bertz CT molecular complexity index is 576. The lowest BCUT2D eigenvalue weighted by molar-refractivity contribution is 0.0713. The van der Waals surface area contributed by atoms with Crippen molar-refractivity contribution in [3.63, 3.8) is 0 Å². The van der Waals surface area contributed by atoms with E-state index in [1.54, 1.807) is 6.26 Å². The molecule has 2 aromatic rings. The second-order valence-corrected chi connectivity index (χ2v) is 5.20. The zero-order valence-corrected chi connectivity index (χ0v) is 11.4. The number of nitrogens with zero attached hydrogens (tertiary/aromatic N) is 2. The molecule has 4 heteroatoms. The number of carbonyl (C=O) groups is 1. The minimum Gasteiger partial charge on any atom is -0.463 e. The molecular formula is C15H20N2O2. The SMILES string of the molecule is CCCn1c(C(=O)N2CCCCC2)cc2occc21. The summed E-state index contributed by atoms with van der Waals surface area (Å²) >= 11 is 0. The van der Waals surface area contributed by atoms with Crippen molar-refractivity contribution in [2.24, 2.45) is 0 Å². The average Bonchev–Trinajstić information content (AvgIpc) is 3.02. The number of amides is 1. The van der Waals surface area contributed by atoms with Crippen LogP contribution < -0.4 is 0 Å². The number of aryl methyl sites for hydroxylation is 1. The molecule has 0 aliphatic carbocycles.